The van der Waals surface area contributed by atoms with Crippen molar-refractivity contribution in [3.8, 4) is 0 Å². The van der Waals surface area contributed by atoms with E-state index in [4.69, 9.17) is 0 Å². The number of alkyl halides is 1. The van der Waals surface area contributed by atoms with Crippen LogP contribution in [0.1, 0.15) is 59.4 Å². The molecule has 146 valence electrons. The van der Waals surface area contributed by atoms with Gasteiger partial charge in [-0.3, -0.25) is 9.78 Å². The zero-order valence-corrected chi connectivity index (χ0v) is 17.0. The summed E-state index contributed by atoms with van der Waals surface area (Å²) in [4.78, 5) is 23.1. The topological polar surface area (TPSA) is 58.1 Å². The van der Waals surface area contributed by atoms with E-state index in [1.165, 1.54) is 11.3 Å². The fraction of sp³-hybridized carbons (Fsp3) is 0.550. The van der Waals surface area contributed by atoms with Crippen LogP contribution in [0.2, 0.25) is 0 Å². The number of aromatic nitrogens is 2. The van der Waals surface area contributed by atoms with Crippen LogP contribution in [0.4, 0.5) is 4.39 Å². The standard InChI is InChI=1S/C20H27FN4OS/c1-14(2)17-12-27-18(24-17)19(26)25-8-6-20(21,7-9-25)13-22-11-16-5-4-15(3)10-23-16/h4-5,10,12,14,22H,6-9,11,13H2,1-3H3. The summed E-state index contributed by atoms with van der Waals surface area (Å²) in [5, 5.41) is 5.61. The van der Waals surface area contributed by atoms with Crippen LogP contribution in [0.15, 0.2) is 23.7 Å². The molecule has 5 nitrogen and oxygen atoms in total. The van der Waals surface area contributed by atoms with Gasteiger partial charge in [0.25, 0.3) is 5.91 Å². The number of likely N-dealkylation sites (tertiary alicyclic amines) is 1. The van der Waals surface area contributed by atoms with E-state index in [0.717, 1.165) is 17.0 Å². The summed E-state index contributed by atoms with van der Waals surface area (Å²) in [5.74, 6) is 0.225. The molecule has 1 aliphatic heterocycles. The highest BCUT2D eigenvalue weighted by atomic mass is 32.1. The second-order valence-corrected chi connectivity index (χ2v) is 8.46. The quantitative estimate of drug-likeness (QED) is 0.817. The largest absolute Gasteiger partial charge is 0.336 e. The van der Waals surface area contributed by atoms with Crippen molar-refractivity contribution in [1.29, 1.82) is 0 Å². The maximum absolute atomic E-state index is 15.1. The van der Waals surface area contributed by atoms with Crippen molar-refractivity contribution in [2.45, 2.75) is 51.7 Å². The minimum atomic E-state index is -1.28. The van der Waals surface area contributed by atoms with Crippen LogP contribution in [-0.4, -0.2) is 46.1 Å². The van der Waals surface area contributed by atoms with E-state index in [-0.39, 0.29) is 12.5 Å². The molecule has 3 heterocycles. The lowest BCUT2D eigenvalue weighted by Gasteiger charge is -2.36. The van der Waals surface area contributed by atoms with Gasteiger partial charge in [0.1, 0.15) is 5.67 Å². The van der Waals surface area contributed by atoms with Gasteiger partial charge in [-0.25, -0.2) is 9.37 Å². The van der Waals surface area contributed by atoms with Crippen molar-refractivity contribution >= 4 is 17.2 Å². The summed E-state index contributed by atoms with van der Waals surface area (Å²) in [7, 11) is 0. The van der Waals surface area contributed by atoms with Gasteiger partial charge in [-0.15, -0.1) is 11.3 Å². The van der Waals surface area contributed by atoms with Gasteiger partial charge in [0.15, 0.2) is 5.01 Å². The third-order valence-electron chi connectivity index (χ3n) is 4.96. The summed E-state index contributed by atoms with van der Waals surface area (Å²) < 4.78 is 15.1. The molecule has 0 aromatic carbocycles. The molecule has 0 bridgehead atoms. The molecule has 0 atom stereocenters. The first-order valence-electron chi connectivity index (χ1n) is 9.42. The van der Waals surface area contributed by atoms with E-state index in [1.807, 2.05) is 30.6 Å². The highest BCUT2D eigenvalue weighted by molar-refractivity contribution is 7.11. The number of carbonyl (C=O) groups is 1. The lowest BCUT2D eigenvalue weighted by atomic mass is 9.93. The third kappa shape index (κ3) is 5.11. The Kier molecular flexibility index (Phi) is 6.22. The molecule has 1 N–H and O–H groups in total. The number of nitrogens with zero attached hydrogens (tertiary/aromatic N) is 3. The van der Waals surface area contributed by atoms with Crippen molar-refractivity contribution in [3.63, 3.8) is 0 Å². The number of piperidine rings is 1. The number of hydrogen-bond donors (Lipinski definition) is 1. The number of hydrogen-bond acceptors (Lipinski definition) is 5. The predicted molar refractivity (Wildman–Crippen MR) is 106 cm³/mol. The molecule has 7 heteroatoms. The van der Waals surface area contributed by atoms with Crippen LogP contribution in [0.5, 0.6) is 0 Å². The van der Waals surface area contributed by atoms with Gasteiger partial charge < -0.3 is 10.2 Å². The summed E-state index contributed by atoms with van der Waals surface area (Å²) in [6, 6.07) is 3.95. The van der Waals surface area contributed by atoms with E-state index in [0.29, 0.717) is 43.4 Å². The molecule has 27 heavy (non-hydrogen) atoms. The average Bonchev–Trinajstić information content (AvgIpc) is 3.14. The SMILES string of the molecule is Cc1ccc(CNCC2(F)CCN(C(=O)c3nc(C(C)C)cs3)CC2)nc1. The van der Waals surface area contributed by atoms with E-state index >= 15 is 4.39 Å². The first-order valence-corrected chi connectivity index (χ1v) is 10.3. The van der Waals surface area contributed by atoms with Crippen LogP contribution < -0.4 is 5.32 Å². The maximum Gasteiger partial charge on any atom is 0.282 e. The van der Waals surface area contributed by atoms with Crippen molar-refractivity contribution in [2.24, 2.45) is 0 Å². The van der Waals surface area contributed by atoms with Crippen molar-refractivity contribution in [1.82, 2.24) is 20.2 Å². The van der Waals surface area contributed by atoms with Gasteiger partial charge in [0.05, 0.1) is 11.4 Å². The molecular weight excluding hydrogens is 363 g/mol. The highest BCUT2D eigenvalue weighted by Crippen LogP contribution is 2.28. The Morgan fingerprint density at radius 2 is 2.11 bits per heavy atom. The molecule has 1 amide bonds. The van der Waals surface area contributed by atoms with Crippen LogP contribution in [0.25, 0.3) is 0 Å². The number of aryl methyl sites for hydroxylation is 1. The molecule has 2 aromatic heterocycles. The van der Waals surface area contributed by atoms with E-state index in [2.05, 4.69) is 29.1 Å². The fourth-order valence-electron chi connectivity index (χ4n) is 3.09. The second kappa shape index (κ2) is 8.44. The average molecular weight is 391 g/mol. The molecule has 0 radical (unpaired) electrons. The first-order chi connectivity index (χ1) is 12.9. The number of rotatable bonds is 6. The van der Waals surface area contributed by atoms with Gasteiger partial charge in [-0.1, -0.05) is 19.9 Å². The Hall–Kier alpha value is -1.86. The van der Waals surface area contributed by atoms with Crippen LogP contribution in [0.3, 0.4) is 0 Å². The Labute approximate surface area is 164 Å². The molecule has 1 aliphatic rings. The second-order valence-electron chi connectivity index (χ2n) is 7.61. The van der Waals surface area contributed by atoms with Gasteiger partial charge >= 0.3 is 0 Å². The number of thiazole rings is 1. The molecule has 1 fully saturated rings. The predicted octanol–water partition coefficient (Wildman–Crippen LogP) is 3.70. The van der Waals surface area contributed by atoms with Crippen LogP contribution in [-0.2, 0) is 6.54 Å². The minimum Gasteiger partial charge on any atom is -0.336 e. The Bertz CT molecular complexity index is 767. The highest BCUT2D eigenvalue weighted by Gasteiger charge is 2.36. The molecule has 0 saturated carbocycles. The molecule has 2 aromatic rings. The van der Waals surface area contributed by atoms with E-state index in [9.17, 15) is 4.79 Å². The van der Waals surface area contributed by atoms with Crippen molar-refractivity contribution in [3.05, 3.63) is 45.7 Å². The number of pyridine rings is 1. The molecule has 1 saturated heterocycles. The van der Waals surface area contributed by atoms with E-state index in [1.54, 1.807) is 4.90 Å². The van der Waals surface area contributed by atoms with Crippen LogP contribution in [0, 0.1) is 6.92 Å². The number of amides is 1. The zero-order chi connectivity index (χ0) is 19.4. The van der Waals surface area contributed by atoms with Crippen molar-refractivity contribution in [2.75, 3.05) is 19.6 Å². The van der Waals surface area contributed by atoms with Gasteiger partial charge in [0, 0.05) is 50.6 Å². The third-order valence-corrected chi connectivity index (χ3v) is 5.81. The van der Waals surface area contributed by atoms with Crippen molar-refractivity contribution < 1.29 is 9.18 Å². The van der Waals surface area contributed by atoms with Gasteiger partial charge in [-0.05, 0) is 24.5 Å². The number of carbonyl (C=O) groups excluding carboxylic acids is 1. The summed E-state index contributed by atoms with van der Waals surface area (Å²) in [6.45, 7) is 7.78. The number of nitrogens with one attached hydrogen (secondary N) is 1. The Balaban J connectivity index is 1.48. The lowest BCUT2D eigenvalue weighted by Crippen LogP contribution is -2.48. The maximum atomic E-state index is 15.1. The molecule has 3 rings (SSSR count). The summed E-state index contributed by atoms with van der Waals surface area (Å²) in [5.41, 5.74) is 1.67. The minimum absolute atomic E-state index is 0.0780. The normalized spacial score (nSPS) is 16.7. The Morgan fingerprint density at radius 3 is 2.70 bits per heavy atom. The lowest BCUT2D eigenvalue weighted by molar-refractivity contribution is 0.0434. The van der Waals surface area contributed by atoms with Gasteiger partial charge in [-0.2, -0.15) is 0 Å². The molecule has 0 spiro atoms. The van der Waals surface area contributed by atoms with Gasteiger partial charge in [0.2, 0.25) is 0 Å². The van der Waals surface area contributed by atoms with E-state index < -0.39 is 5.67 Å². The Morgan fingerprint density at radius 1 is 1.37 bits per heavy atom. The molecule has 0 unspecified atom stereocenters. The summed E-state index contributed by atoms with van der Waals surface area (Å²) >= 11 is 1.38. The monoisotopic (exact) mass is 390 g/mol. The molecule has 0 aliphatic carbocycles. The smallest absolute Gasteiger partial charge is 0.282 e. The fourth-order valence-corrected chi connectivity index (χ4v) is 4.04. The number of halogens is 1. The summed E-state index contributed by atoms with van der Waals surface area (Å²) in [6.07, 6.45) is 2.50. The first kappa shape index (κ1) is 19.9. The zero-order valence-electron chi connectivity index (χ0n) is 16.2. The molecular formula is C20H27FN4OS. The van der Waals surface area contributed by atoms with Crippen LogP contribution >= 0.6 is 11.3 Å².